The molecule has 1 aliphatic carbocycles. The maximum absolute atomic E-state index is 6.17. The molecule has 3 heteroatoms. The molecule has 0 spiro atoms. The molecule has 0 bridgehead atoms. The molecule has 0 aromatic heterocycles. The van der Waals surface area contributed by atoms with Crippen LogP contribution in [0, 0.1) is 5.92 Å². The van der Waals surface area contributed by atoms with E-state index in [0.29, 0.717) is 6.04 Å². The minimum atomic E-state index is 0.667. The van der Waals surface area contributed by atoms with Gasteiger partial charge in [0, 0.05) is 22.6 Å². The fourth-order valence-electron chi connectivity index (χ4n) is 2.73. The van der Waals surface area contributed by atoms with Crippen LogP contribution >= 0.6 is 23.4 Å². The summed E-state index contributed by atoms with van der Waals surface area (Å²) in [6.45, 7) is 0. The Hall–Kier alpha value is -0.180. The van der Waals surface area contributed by atoms with Crippen LogP contribution in [0.15, 0.2) is 24.3 Å². The summed E-state index contributed by atoms with van der Waals surface area (Å²) in [6.07, 6.45) is 5.63. The summed E-state index contributed by atoms with van der Waals surface area (Å²) in [6, 6.07) is 8.82. The van der Waals surface area contributed by atoms with E-state index < -0.39 is 0 Å². The quantitative estimate of drug-likeness (QED) is 0.833. The van der Waals surface area contributed by atoms with Gasteiger partial charge in [0.15, 0.2) is 0 Å². The van der Waals surface area contributed by atoms with Gasteiger partial charge in [-0.15, -0.1) is 0 Å². The van der Waals surface area contributed by atoms with Crippen molar-refractivity contribution in [2.45, 2.75) is 37.5 Å². The van der Waals surface area contributed by atoms with Gasteiger partial charge in [0.25, 0.3) is 0 Å². The van der Waals surface area contributed by atoms with E-state index in [9.17, 15) is 0 Å². The van der Waals surface area contributed by atoms with Crippen molar-refractivity contribution >= 4 is 23.4 Å². The van der Waals surface area contributed by atoms with Crippen LogP contribution in [0.3, 0.4) is 0 Å². The first-order valence-electron chi connectivity index (χ1n) is 6.79. The SMILES string of the molecule is CNC(CSCc1ccccc1Cl)C1CCCC1. The highest BCUT2D eigenvalue weighted by Gasteiger charge is 2.23. The zero-order valence-electron chi connectivity index (χ0n) is 11.0. The Bertz CT molecular complexity index is 363. The highest BCUT2D eigenvalue weighted by molar-refractivity contribution is 7.98. The van der Waals surface area contributed by atoms with E-state index in [0.717, 1.165) is 16.7 Å². The van der Waals surface area contributed by atoms with Gasteiger partial charge in [0.1, 0.15) is 0 Å². The molecule has 1 saturated carbocycles. The van der Waals surface area contributed by atoms with Gasteiger partial charge in [-0.25, -0.2) is 0 Å². The minimum absolute atomic E-state index is 0.667. The van der Waals surface area contributed by atoms with Crippen LogP contribution in [0.25, 0.3) is 0 Å². The smallest absolute Gasteiger partial charge is 0.0446 e. The van der Waals surface area contributed by atoms with Crippen LogP contribution in [-0.4, -0.2) is 18.8 Å². The number of benzene rings is 1. The summed E-state index contributed by atoms with van der Waals surface area (Å²) < 4.78 is 0. The number of rotatable bonds is 6. The molecular weight excluding hydrogens is 262 g/mol. The summed E-state index contributed by atoms with van der Waals surface area (Å²) in [5, 5.41) is 4.39. The largest absolute Gasteiger partial charge is 0.316 e. The van der Waals surface area contributed by atoms with Gasteiger partial charge in [0.05, 0.1) is 0 Å². The lowest BCUT2D eigenvalue weighted by Crippen LogP contribution is -2.34. The Balaban J connectivity index is 1.78. The lowest BCUT2D eigenvalue weighted by molar-refractivity contribution is 0.410. The summed E-state index contributed by atoms with van der Waals surface area (Å²) in [5.74, 6) is 3.09. The normalized spacial score (nSPS) is 18.1. The maximum atomic E-state index is 6.17. The lowest BCUT2D eigenvalue weighted by Gasteiger charge is -2.22. The second-order valence-electron chi connectivity index (χ2n) is 5.05. The van der Waals surface area contributed by atoms with Crippen LogP contribution in [0.2, 0.25) is 5.02 Å². The van der Waals surface area contributed by atoms with Gasteiger partial charge in [0.2, 0.25) is 0 Å². The predicted octanol–water partition coefficient (Wildman–Crippen LogP) is 4.35. The molecule has 1 fully saturated rings. The van der Waals surface area contributed by atoms with Gasteiger partial charge >= 0.3 is 0 Å². The molecule has 100 valence electrons. The highest BCUT2D eigenvalue weighted by Crippen LogP contribution is 2.30. The highest BCUT2D eigenvalue weighted by atomic mass is 35.5. The molecule has 0 heterocycles. The van der Waals surface area contributed by atoms with E-state index in [1.54, 1.807) is 0 Å². The monoisotopic (exact) mass is 283 g/mol. The predicted molar refractivity (Wildman–Crippen MR) is 82.4 cm³/mol. The topological polar surface area (TPSA) is 12.0 Å². The van der Waals surface area contributed by atoms with Gasteiger partial charge in [-0.2, -0.15) is 11.8 Å². The fraction of sp³-hybridized carbons (Fsp3) is 0.600. The van der Waals surface area contributed by atoms with E-state index in [-0.39, 0.29) is 0 Å². The van der Waals surface area contributed by atoms with E-state index in [2.05, 4.69) is 24.5 Å². The Morgan fingerprint density at radius 2 is 2.06 bits per heavy atom. The minimum Gasteiger partial charge on any atom is -0.316 e. The van der Waals surface area contributed by atoms with Crippen LogP contribution in [0.5, 0.6) is 0 Å². The van der Waals surface area contributed by atoms with Gasteiger partial charge < -0.3 is 5.32 Å². The van der Waals surface area contributed by atoms with Crippen molar-refractivity contribution in [3.63, 3.8) is 0 Å². The summed E-state index contributed by atoms with van der Waals surface area (Å²) in [4.78, 5) is 0. The number of hydrogen-bond donors (Lipinski definition) is 1. The van der Waals surface area contributed by atoms with Crippen LogP contribution in [0.1, 0.15) is 31.2 Å². The zero-order chi connectivity index (χ0) is 12.8. The van der Waals surface area contributed by atoms with Gasteiger partial charge in [-0.1, -0.05) is 42.6 Å². The molecule has 18 heavy (non-hydrogen) atoms. The first-order chi connectivity index (χ1) is 8.81. The molecule has 1 aromatic rings. The van der Waals surface area contributed by atoms with Crippen LogP contribution in [-0.2, 0) is 5.75 Å². The summed E-state index contributed by atoms with van der Waals surface area (Å²) in [7, 11) is 2.10. The van der Waals surface area contributed by atoms with Crippen LogP contribution in [0.4, 0.5) is 0 Å². The van der Waals surface area contributed by atoms with Crippen molar-refractivity contribution in [1.29, 1.82) is 0 Å². The average Bonchev–Trinajstić information content (AvgIpc) is 2.90. The molecule has 0 aliphatic heterocycles. The van der Waals surface area contributed by atoms with Crippen molar-refractivity contribution in [1.82, 2.24) is 5.32 Å². The molecule has 1 nitrogen and oxygen atoms in total. The molecule has 1 aromatic carbocycles. The molecule has 1 unspecified atom stereocenters. The van der Waals surface area contributed by atoms with E-state index in [1.807, 2.05) is 23.9 Å². The third kappa shape index (κ3) is 3.91. The summed E-state index contributed by atoms with van der Waals surface area (Å²) in [5.41, 5.74) is 1.26. The van der Waals surface area contributed by atoms with Crippen molar-refractivity contribution < 1.29 is 0 Å². The van der Waals surface area contributed by atoms with E-state index in [1.165, 1.54) is 37.0 Å². The summed E-state index contributed by atoms with van der Waals surface area (Å²) >= 11 is 8.16. The van der Waals surface area contributed by atoms with Crippen LogP contribution < -0.4 is 5.32 Å². The third-order valence-corrected chi connectivity index (χ3v) is 5.33. The second-order valence-corrected chi connectivity index (χ2v) is 6.48. The Morgan fingerprint density at radius 1 is 1.33 bits per heavy atom. The molecule has 1 N–H and O–H groups in total. The lowest BCUT2D eigenvalue weighted by atomic mass is 10.0. The number of nitrogens with one attached hydrogen (secondary N) is 1. The van der Waals surface area contributed by atoms with Gasteiger partial charge in [-0.05, 0) is 37.4 Å². The molecule has 0 amide bonds. The number of halogens is 1. The van der Waals surface area contributed by atoms with E-state index in [4.69, 9.17) is 11.6 Å². The molecule has 1 atom stereocenters. The first kappa shape index (κ1) is 14.2. The number of hydrogen-bond acceptors (Lipinski definition) is 2. The second kappa shape index (κ2) is 7.42. The fourth-order valence-corrected chi connectivity index (χ4v) is 4.29. The molecule has 0 saturated heterocycles. The molecule has 1 aliphatic rings. The molecule has 2 rings (SSSR count). The van der Waals surface area contributed by atoms with Crippen molar-refractivity contribution in [3.8, 4) is 0 Å². The van der Waals surface area contributed by atoms with E-state index >= 15 is 0 Å². The molecular formula is C15H22ClNS. The van der Waals surface area contributed by atoms with Crippen molar-refractivity contribution in [2.24, 2.45) is 5.92 Å². The Labute approximate surface area is 120 Å². The van der Waals surface area contributed by atoms with Gasteiger partial charge in [-0.3, -0.25) is 0 Å². The van der Waals surface area contributed by atoms with Crippen molar-refractivity contribution in [2.75, 3.05) is 12.8 Å². The molecule has 0 radical (unpaired) electrons. The Morgan fingerprint density at radius 3 is 2.72 bits per heavy atom. The average molecular weight is 284 g/mol. The standard InChI is InChI=1S/C15H22ClNS/c1-17-15(12-6-2-3-7-12)11-18-10-13-8-4-5-9-14(13)16/h4-5,8-9,12,15,17H,2-3,6-7,10-11H2,1H3. The third-order valence-electron chi connectivity index (χ3n) is 3.85. The number of thioether (sulfide) groups is 1. The Kier molecular flexibility index (Phi) is 5.87. The maximum Gasteiger partial charge on any atom is 0.0446 e. The zero-order valence-corrected chi connectivity index (χ0v) is 12.6. The first-order valence-corrected chi connectivity index (χ1v) is 8.33. The van der Waals surface area contributed by atoms with Crippen molar-refractivity contribution in [3.05, 3.63) is 34.9 Å².